The third kappa shape index (κ3) is 6.64. The molecule has 3 atom stereocenters. The van der Waals surface area contributed by atoms with Crippen LogP contribution in [0.25, 0.3) is 15.8 Å². The van der Waals surface area contributed by atoms with E-state index in [0.717, 1.165) is 52.8 Å². The molecule has 5 aliphatic rings. The Labute approximate surface area is 314 Å². The van der Waals surface area contributed by atoms with Crippen molar-refractivity contribution < 1.29 is 19.5 Å². The molecule has 3 unspecified atom stereocenters. The summed E-state index contributed by atoms with van der Waals surface area (Å²) in [5.74, 6) is -0.866. The van der Waals surface area contributed by atoms with Gasteiger partial charge in [-0.25, -0.2) is 4.98 Å². The summed E-state index contributed by atoms with van der Waals surface area (Å²) in [4.78, 5) is 43.9. The number of hydroxylamine groups is 1. The predicted octanol–water partition coefficient (Wildman–Crippen LogP) is 6.65. The summed E-state index contributed by atoms with van der Waals surface area (Å²) >= 11 is 1.43. The van der Waals surface area contributed by atoms with E-state index < -0.39 is 13.2 Å². The summed E-state index contributed by atoms with van der Waals surface area (Å²) in [6, 6.07) is 17.1. The van der Waals surface area contributed by atoms with E-state index in [1.54, 1.807) is 6.07 Å². The number of carbonyl (C=O) groups excluding carboxylic acids is 1. The first-order valence-corrected chi connectivity index (χ1v) is 22.4. The number of aromatic carboxylic acids is 1. The van der Waals surface area contributed by atoms with Gasteiger partial charge in [-0.1, -0.05) is 35.6 Å². The number of aromatic nitrogens is 2. The Morgan fingerprint density at radius 2 is 1.89 bits per heavy atom. The average molecular weight is 754 g/mol. The number of pyridine rings is 1. The van der Waals surface area contributed by atoms with Crippen molar-refractivity contribution in [3.05, 3.63) is 88.2 Å². The molecule has 0 spiro atoms. The third-order valence-corrected chi connectivity index (χ3v) is 17.7. The summed E-state index contributed by atoms with van der Waals surface area (Å²) in [6.07, 6.45) is 8.96. The molecule has 1 aliphatic carbocycles. The third-order valence-electron chi connectivity index (χ3n) is 12.0. The minimum atomic E-state index is -1.51. The van der Waals surface area contributed by atoms with E-state index in [0.29, 0.717) is 47.2 Å². The number of nitrogens with zero attached hydrogens (tertiary/aromatic N) is 3. The molecule has 2 aromatic heterocycles. The molecule has 5 N–H and O–H groups in total. The van der Waals surface area contributed by atoms with Gasteiger partial charge in [-0.15, -0.1) is 0 Å². The van der Waals surface area contributed by atoms with E-state index >= 15 is 0 Å². The molecular formula is C40H48N7O4PS. The Hall–Kier alpha value is -4.22. The maximum atomic E-state index is 13.6. The Kier molecular flexibility index (Phi) is 8.96. The Morgan fingerprint density at radius 3 is 2.64 bits per heavy atom. The SMILES string of the molecule is CNOC12CC3(C)CC(CN/C(C)=C(\C=N)c4ccc(N5CCc6cccc(C(=O)Nc7nc8ccccc8s7)c6C5)nc4C(=O)O)(C1)C[PH](C)(C3)C2. The van der Waals surface area contributed by atoms with E-state index in [1.807, 2.05) is 67.4 Å². The monoisotopic (exact) mass is 753 g/mol. The van der Waals surface area contributed by atoms with Crippen molar-refractivity contribution >= 4 is 63.4 Å². The molecule has 13 heteroatoms. The number of rotatable bonds is 11. The number of hydrogen-bond acceptors (Lipinski definition) is 10. The fourth-order valence-electron chi connectivity index (χ4n) is 11.2. The van der Waals surface area contributed by atoms with Crippen molar-refractivity contribution in [2.45, 2.75) is 51.7 Å². The summed E-state index contributed by atoms with van der Waals surface area (Å²) in [7, 11) is 0.354. The fourth-order valence-corrected chi connectivity index (χ4v) is 18.8. The first kappa shape index (κ1) is 35.8. The molecule has 3 saturated heterocycles. The van der Waals surface area contributed by atoms with Crippen molar-refractivity contribution in [2.24, 2.45) is 10.8 Å². The normalized spacial score (nSPS) is 26.5. The van der Waals surface area contributed by atoms with Crippen molar-refractivity contribution in [1.29, 1.82) is 5.41 Å². The number of nitrogens with one attached hydrogen (secondary N) is 4. The van der Waals surface area contributed by atoms with Gasteiger partial charge in [-0.2, -0.15) is 0 Å². The minimum absolute atomic E-state index is 0.0987. The molecule has 1 saturated carbocycles. The zero-order chi connectivity index (χ0) is 37.2. The van der Waals surface area contributed by atoms with Gasteiger partial charge in [0.25, 0.3) is 5.91 Å². The van der Waals surface area contributed by atoms with Gasteiger partial charge in [0, 0.05) is 5.56 Å². The molecule has 4 aromatic rings. The number of carbonyl (C=O) groups is 2. The second-order valence-electron chi connectivity index (χ2n) is 16.6. The molecular weight excluding hydrogens is 706 g/mol. The molecule has 53 heavy (non-hydrogen) atoms. The molecule has 6 heterocycles. The summed E-state index contributed by atoms with van der Waals surface area (Å²) in [5, 5.41) is 26.0. The van der Waals surface area contributed by atoms with Gasteiger partial charge >= 0.3 is 202 Å². The van der Waals surface area contributed by atoms with Crippen LogP contribution in [0.3, 0.4) is 0 Å². The van der Waals surface area contributed by atoms with E-state index in [9.17, 15) is 14.7 Å². The molecule has 4 aliphatic heterocycles. The summed E-state index contributed by atoms with van der Waals surface area (Å²) in [6.45, 7) is 8.71. The van der Waals surface area contributed by atoms with Gasteiger partial charge < -0.3 is 0 Å². The number of amides is 1. The maximum absolute atomic E-state index is 13.6. The number of thiazole rings is 1. The number of anilines is 2. The Morgan fingerprint density at radius 1 is 1.06 bits per heavy atom. The van der Waals surface area contributed by atoms with Gasteiger partial charge in [0.2, 0.25) is 0 Å². The second kappa shape index (κ2) is 13.3. The summed E-state index contributed by atoms with van der Waals surface area (Å²) < 4.78 is 1.00. The standard InChI is InChI=1S/C40H48N7O4PS/c1-25(43-21-39-18-38(2)19-40(20-39,51-42-3)24-52(4,22-38)23-39)29(16-41)27-12-13-33(45-34(27)36(49)50)47-15-14-26-8-7-9-28(30(26)17-47)35(48)46-37-44-31-10-5-6-11-32(31)53-37/h5-13,16,41-43,52H,14-15,17-24H2,1-4H3,(H,49,50)(H,44,46,48)/b29-25+,41-16?. The number of fused-ring (bicyclic) bond motifs is 2. The zero-order valence-electron chi connectivity index (χ0n) is 30.8. The van der Waals surface area contributed by atoms with Gasteiger partial charge in [0.15, 0.2) is 5.13 Å². The summed E-state index contributed by atoms with van der Waals surface area (Å²) in [5.41, 5.74) is 8.23. The van der Waals surface area contributed by atoms with Gasteiger partial charge in [-0.05, 0) is 35.7 Å². The van der Waals surface area contributed by atoms with Crippen molar-refractivity contribution in [3.8, 4) is 0 Å². The fraction of sp³-hybridized carbons (Fsp3) is 0.425. The van der Waals surface area contributed by atoms with Crippen LogP contribution in [-0.4, -0.2) is 84.1 Å². The van der Waals surface area contributed by atoms with E-state index in [-0.39, 0.29) is 28.0 Å². The van der Waals surface area contributed by atoms with Crippen LogP contribution >= 0.6 is 18.6 Å². The molecule has 1 amide bonds. The van der Waals surface area contributed by atoms with Crippen molar-refractivity contribution in [1.82, 2.24) is 20.8 Å². The predicted molar refractivity (Wildman–Crippen MR) is 215 cm³/mol. The Bertz CT molecular complexity index is 2130. The molecule has 2 aromatic carbocycles. The van der Waals surface area contributed by atoms with E-state index in [4.69, 9.17) is 10.2 Å². The number of hydrogen-bond donors (Lipinski definition) is 5. The number of carboxylic acids is 1. The number of allylic oxidation sites excluding steroid dienone is 2. The molecule has 11 nitrogen and oxygen atoms in total. The van der Waals surface area contributed by atoms with Crippen LogP contribution in [0.4, 0.5) is 10.9 Å². The first-order valence-electron chi connectivity index (χ1n) is 18.4. The number of benzene rings is 2. The van der Waals surface area contributed by atoms with Crippen molar-refractivity contribution in [3.63, 3.8) is 0 Å². The van der Waals surface area contributed by atoms with Crippen LogP contribution in [0.15, 0.2) is 60.3 Å². The molecule has 0 radical (unpaired) electrons. The number of para-hydroxylation sites is 1. The van der Waals surface area contributed by atoms with Crippen LogP contribution in [0.5, 0.6) is 0 Å². The number of carboxylic acid groups (broad SMARTS) is 1. The Balaban J connectivity index is 1.03. The van der Waals surface area contributed by atoms with E-state index in [2.05, 4.69) is 39.7 Å². The van der Waals surface area contributed by atoms with Gasteiger partial charge in [-0.3, -0.25) is 10.1 Å². The quantitative estimate of drug-likeness (QED) is 0.0644. The van der Waals surface area contributed by atoms with Crippen LogP contribution in [0, 0.1) is 16.2 Å². The zero-order valence-corrected chi connectivity index (χ0v) is 32.6. The molecule has 9 rings (SSSR count). The first-order chi connectivity index (χ1) is 25.3. The second-order valence-corrected chi connectivity index (χ2v) is 22.3. The van der Waals surface area contributed by atoms with Crippen LogP contribution in [0.1, 0.15) is 70.6 Å². The van der Waals surface area contributed by atoms with Crippen LogP contribution in [-0.2, 0) is 17.8 Å². The van der Waals surface area contributed by atoms with Gasteiger partial charge in [0.1, 0.15) is 0 Å². The average Bonchev–Trinajstić information content (AvgIpc) is 3.51. The van der Waals surface area contributed by atoms with Gasteiger partial charge in [0.05, 0.1) is 10.2 Å². The topological polar surface area (TPSA) is 153 Å². The van der Waals surface area contributed by atoms with Crippen molar-refractivity contribution in [2.75, 3.05) is 55.5 Å². The molecule has 4 fully saturated rings. The van der Waals surface area contributed by atoms with E-state index in [1.165, 1.54) is 36.0 Å². The van der Waals surface area contributed by atoms with Crippen LogP contribution in [0.2, 0.25) is 0 Å². The molecule has 4 bridgehead atoms. The van der Waals surface area contributed by atoms with Crippen LogP contribution < -0.4 is 21.0 Å². The molecule has 278 valence electrons.